The van der Waals surface area contributed by atoms with E-state index in [0.29, 0.717) is 6.54 Å². The van der Waals surface area contributed by atoms with Crippen LogP contribution in [0, 0.1) is 0 Å². The molecule has 3 aromatic rings. The van der Waals surface area contributed by atoms with E-state index < -0.39 is 23.9 Å². The Hall–Kier alpha value is -4.03. The van der Waals surface area contributed by atoms with Gasteiger partial charge < -0.3 is 10.3 Å². The molecule has 0 atom stereocenters. The fraction of sp³-hybridized carbons (Fsp3) is 0.261. The van der Waals surface area contributed by atoms with Crippen LogP contribution in [0.4, 0.5) is 26.3 Å². The molecule has 0 spiro atoms. The van der Waals surface area contributed by atoms with Crippen LogP contribution < -0.4 is 5.32 Å². The lowest BCUT2D eigenvalue weighted by molar-refractivity contribution is -0.193. The van der Waals surface area contributed by atoms with Gasteiger partial charge in [0.25, 0.3) is 5.91 Å². The molecule has 4 rings (SSSR count). The van der Waals surface area contributed by atoms with Crippen molar-refractivity contribution in [2.45, 2.75) is 32.1 Å². The monoisotopic (exact) mass is 512 g/mol. The highest BCUT2D eigenvalue weighted by Crippen LogP contribution is 2.27. The van der Waals surface area contributed by atoms with Crippen LogP contribution in [0.15, 0.2) is 42.9 Å². The molecule has 13 heteroatoms. The number of alkyl halides is 6. The molecule has 0 unspecified atom stereocenters. The van der Waals surface area contributed by atoms with E-state index in [9.17, 15) is 40.7 Å². The molecule has 0 saturated carbocycles. The van der Waals surface area contributed by atoms with Gasteiger partial charge in [-0.3, -0.25) is 24.4 Å². The number of rotatable bonds is 4. The number of aromatic nitrogens is 3. The van der Waals surface area contributed by atoms with E-state index in [1.807, 2.05) is 30.6 Å². The number of nitrogens with zero attached hydrogens (tertiary/aromatic N) is 2. The maximum Gasteiger partial charge on any atom is 0.458 e. The Morgan fingerprint density at radius 3 is 2.22 bits per heavy atom. The van der Waals surface area contributed by atoms with Crippen LogP contribution in [0.3, 0.4) is 0 Å². The predicted molar refractivity (Wildman–Crippen MR) is 115 cm³/mol. The quantitative estimate of drug-likeness (QED) is 0.402. The van der Waals surface area contributed by atoms with E-state index >= 15 is 0 Å². The number of hydrogen-bond acceptors (Lipinski definition) is 5. The van der Waals surface area contributed by atoms with Gasteiger partial charge in [0.1, 0.15) is 0 Å². The number of carbonyl (C=O) groups is 3. The van der Waals surface area contributed by atoms with E-state index in [4.69, 9.17) is 0 Å². The zero-order chi connectivity index (χ0) is 26.7. The lowest BCUT2D eigenvalue weighted by atomic mass is 10.1. The molecule has 0 saturated heterocycles. The van der Waals surface area contributed by atoms with Crippen LogP contribution in [0.5, 0.6) is 0 Å². The van der Waals surface area contributed by atoms with E-state index in [1.54, 1.807) is 6.20 Å². The van der Waals surface area contributed by atoms with Gasteiger partial charge in [-0.15, -0.1) is 0 Å². The maximum absolute atomic E-state index is 11.9. The van der Waals surface area contributed by atoms with Crippen molar-refractivity contribution in [2.24, 2.45) is 0 Å². The smallest absolute Gasteiger partial charge is 0.358 e. The second-order valence-electron chi connectivity index (χ2n) is 7.60. The first-order valence-corrected chi connectivity index (χ1v) is 10.4. The summed E-state index contributed by atoms with van der Waals surface area (Å²) >= 11 is 0. The van der Waals surface area contributed by atoms with Gasteiger partial charge in [-0.05, 0) is 36.2 Å². The Morgan fingerprint density at radius 1 is 0.972 bits per heavy atom. The molecule has 1 amide bonds. The van der Waals surface area contributed by atoms with Crippen LogP contribution in [0.25, 0.3) is 22.5 Å². The van der Waals surface area contributed by atoms with E-state index in [-0.39, 0.29) is 5.91 Å². The summed E-state index contributed by atoms with van der Waals surface area (Å²) in [6.07, 6.45) is -4.26. The summed E-state index contributed by atoms with van der Waals surface area (Å²) in [6.45, 7) is 2.79. The summed E-state index contributed by atoms with van der Waals surface area (Å²) in [6, 6.07) is 8.03. The van der Waals surface area contributed by atoms with Gasteiger partial charge in [0.05, 0.1) is 11.3 Å². The van der Waals surface area contributed by atoms with E-state index in [1.165, 1.54) is 5.56 Å². The average Bonchev–Trinajstić information content (AvgIpc) is 3.28. The number of H-pyrrole nitrogens is 1. The second kappa shape index (κ2) is 10.3. The van der Waals surface area contributed by atoms with E-state index in [2.05, 4.69) is 33.3 Å². The zero-order valence-corrected chi connectivity index (χ0v) is 18.5. The number of halogens is 6. The Labute approximate surface area is 200 Å². The number of ketones is 2. The lowest BCUT2D eigenvalue weighted by Crippen LogP contribution is -2.39. The summed E-state index contributed by atoms with van der Waals surface area (Å²) in [5.74, 6) is -6.82. The second-order valence-corrected chi connectivity index (χ2v) is 7.60. The molecular formula is C23H18F6N4O3. The molecule has 7 nitrogen and oxygen atoms in total. The minimum atomic E-state index is -5.77. The zero-order valence-electron chi connectivity index (χ0n) is 18.5. The van der Waals surface area contributed by atoms with Crippen LogP contribution in [0.1, 0.15) is 28.5 Å². The highest BCUT2D eigenvalue weighted by Gasteiger charge is 2.54. The van der Waals surface area contributed by atoms with Gasteiger partial charge >= 0.3 is 23.9 Å². The van der Waals surface area contributed by atoms with Crippen molar-refractivity contribution < 1.29 is 40.7 Å². The molecule has 0 radical (unpaired) electrons. The number of Topliss-reactive ketones (excluding diaryl/α,β-unsaturated/α-hetero) is 2. The van der Waals surface area contributed by atoms with Crippen molar-refractivity contribution in [3.05, 3.63) is 59.7 Å². The molecular weight excluding hydrogens is 494 g/mol. The molecule has 0 aliphatic carbocycles. The number of aryl methyl sites for hydroxylation is 1. The number of pyridine rings is 2. The maximum atomic E-state index is 11.9. The number of carbonyl (C=O) groups excluding carboxylic acids is 3. The van der Waals surface area contributed by atoms with Gasteiger partial charge in [-0.1, -0.05) is 6.92 Å². The molecule has 1 aliphatic rings. The molecule has 0 bridgehead atoms. The molecule has 0 aromatic carbocycles. The Morgan fingerprint density at radius 2 is 1.64 bits per heavy atom. The van der Waals surface area contributed by atoms with Crippen LogP contribution in [0.2, 0.25) is 0 Å². The molecule has 4 heterocycles. The summed E-state index contributed by atoms with van der Waals surface area (Å²) in [4.78, 5) is 43.3. The Balaban J connectivity index is 0.000000257. The lowest BCUT2D eigenvalue weighted by Gasteiger charge is -2.10. The third-order valence-corrected chi connectivity index (χ3v) is 5.10. The molecule has 2 N–H and O–H groups in total. The Bertz CT molecular complexity index is 1270. The van der Waals surface area contributed by atoms with Gasteiger partial charge in [0.2, 0.25) is 0 Å². The molecule has 3 aromatic heterocycles. The highest BCUT2D eigenvalue weighted by molar-refractivity contribution is 6.41. The molecule has 36 heavy (non-hydrogen) atoms. The molecule has 190 valence electrons. The van der Waals surface area contributed by atoms with Gasteiger partial charge in [0.15, 0.2) is 0 Å². The summed E-state index contributed by atoms with van der Waals surface area (Å²) in [5, 5.41) is 2.87. The van der Waals surface area contributed by atoms with Gasteiger partial charge in [-0.2, -0.15) is 26.3 Å². The number of fused-ring (bicyclic) bond motifs is 1. The Kier molecular flexibility index (Phi) is 7.60. The summed E-state index contributed by atoms with van der Waals surface area (Å²) < 4.78 is 67.0. The van der Waals surface area contributed by atoms with Crippen molar-refractivity contribution >= 4 is 17.5 Å². The van der Waals surface area contributed by atoms with Crippen molar-refractivity contribution in [3.8, 4) is 22.5 Å². The number of amides is 1. The topological polar surface area (TPSA) is 105 Å². The van der Waals surface area contributed by atoms with Crippen LogP contribution >= 0.6 is 0 Å². The first kappa shape index (κ1) is 26.6. The minimum absolute atomic E-state index is 0.00660. The third kappa shape index (κ3) is 6.15. The highest BCUT2D eigenvalue weighted by atomic mass is 19.4. The summed E-state index contributed by atoms with van der Waals surface area (Å²) in [5.41, 5.74) is 6.78. The van der Waals surface area contributed by atoms with E-state index in [0.717, 1.165) is 46.6 Å². The first-order chi connectivity index (χ1) is 16.8. The number of nitrogens with one attached hydrogen (secondary N) is 2. The van der Waals surface area contributed by atoms with Crippen LogP contribution in [-0.4, -0.2) is 51.3 Å². The minimum Gasteiger partial charge on any atom is -0.358 e. The number of aromatic amines is 1. The normalized spacial score (nSPS) is 13.2. The van der Waals surface area contributed by atoms with Gasteiger partial charge in [-0.25, -0.2) is 0 Å². The number of hydrogen-bond donors (Lipinski definition) is 2. The van der Waals surface area contributed by atoms with Crippen molar-refractivity contribution in [2.75, 3.05) is 6.54 Å². The van der Waals surface area contributed by atoms with Crippen LogP contribution in [-0.2, 0) is 22.4 Å². The van der Waals surface area contributed by atoms with Crippen molar-refractivity contribution in [1.82, 2.24) is 20.3 Å². The largest absolute Gasteiger partial charge is 0.458 e. The SMILES string of the molecule is CCc1cncc(-c2cc(-c3cc4c([nH]3)CCNC4=O)ccn2)c1.O=C(C(=O)C(F)(F)F)C(F)(F)F. The first-order valence-electron chi connectivity index (χ1n) is 10.4. The fourth-order valence-corrected chi connectivity index (χ4v) is 3.28. The molecule has 0 fully saturated rings. The third-order valence-electron chi connectivity index (χ3n) is 5.10. The summed E-state index contributed by atoms with van der Waals surface area (Å²) in [7, 11) is 0. The predicted octanol–water partition coefficient (Wildman–Crippen LogP) is 4.24. The van der Waals surface area contributed by atoms with Gasteiger partial charge in [0, 0.05) is 54.1 Å². The fourth-order valence-electron chi connectivity index (χ4n) is 3.28. The standard InChI is InChI=1S/C19H18N4O.C4F6O2/c1-2-12-7-14(11-20-10-12)17-8-13(3-5-21-17)18-9-15-16(23-18)4-6-22-19(15)24;5-3(6,7)1(11)2(12)4(8,9)10/h3,5,7-11,23H,2,4,6H2,1H3,(H,22,24);. The average molecular weight is 512 g/mol. The molecule has 1 aliphatic heterocycles. The van der Waals surface area contributed by atoms with Crippen molar-refractivity contribution in [3.63, 3.8) is 0 Å². The van der Waals surface area contributed by atoms with Crippen molar-refractivity contribution in [1.29, 1.82) is 0 Å².